The third-order valence-electron chi connectivity index (χ3n) is 6.16. The summed E-state index contributed by atoms with van der Waals surface area (Å²) in [6.07, 6.45) is 3.63. The Labute approximate surface area is 219 Å². The van der Waals surface area contributed by atoms with E-state index < -0.39 is 31.8 Å². The molecule has 13 heteroatoms. The monoisotopic (exact) mass is 578 g/mol. The molecular formula is C23H25Cl2FN2O6S2. The molecule has 1 N–H and O–H groups in total. The maximum absolute atomic E-state index is 14.7. The number of rotatable bonds is 8. The molecule has 1 aliphatic heterocycles. The number of halogens is 3. The molecule has 2 aliphatic rings. The average Bonchev–Trinajstić information content (AvgIpc) is 3.61. The van der Waals surface area contributed by atoms with Crippen LogP contribution in [-0.4, -0.2) is 53.0 Å². The molecule has 1 aliphatic carbocycles. The summed E-state index contributed by atoms with van der Waals surface area (Å²) in [4.78, 5) is 12.2. The molecule has 2 fully saturated rings. The van der Waals surface area contributed by atoms with Crippen molar-refractivity contribution in [2.75, 3.05) is 26.0 Å². The van der Waals surface area contributed by atoms with Gasteiger partial charge in [-0.1, -0.05) is 23.2 Å². The van der Waals surface area contributed by atoms with Crippen LogP contribution < -0.4 is 9.46 Å². The van der Waals surface area contributed by atoms with Crippen LogP contribution in [0.1, 0.15) is 47.5 Å². The van der Waals surface area contributed by atoms with Gasteiger partial charge in [0, 0.05) is 29.2 Å². The Balaban J connectivity index is 1.41. The number of benzene rings is 2. The second-order valence-corrected chi connectivity index (χ2v) is 13.7. The van der Waals surface area contributed by atoms with E-state index in [4.69, 9.17) is 27.9 Å². The number of hydrogen-bond donors (Lipinski definition) is 1. The van der Waals surface area contributed by atoms with Crippen LogP contribution in [0.4, 0.5) is 4.39 Å². The third kappa shape index (κ3) is 6.49. The van der Waals surface area contributed by atoms with Crippen molar-refractivity contribution < 1.29 is 30.8 Å². The van der Waals surface area contributed by atoms with Crippen molar-refractivity contribution in [2.24, 2.45) is 5.92 Å². The molecule has 196 valence electrons. The summed E-state index contributed by atoms with van der Waals surface area (Å²) in [5.74, 6) is -1.44. The highest BCUT2D eigenvalue weighted by Crippen LogP contribution is 2.45. The Kier molecular flexibility index (Phi) is 7.87. The maximum Gasteiger partial charge on any atom is 0.267 e. The Morgan fingerprint density at radius 3 is 2.19 bits per heavy atom. The van der Waals surface area contributed by atoms with E-state index in [2.05, 4.69) is 0 Å². The lowest BCUT2D eigenvalue weighted by Crippen LogP contribution is -2.39. The quantitative estimate of drug-likeness (QED) is 0.503. The highest BCUT2D eigenvalue weighted by molar-refractivity contribution is 7.89. The number of sulfonamides is 2. The lowest BCUT2D eigenvalue weighted by atomic mass is 9.99. The summed E-state index contributed by atoms with van der Waals surface area (Å²) >= 11 is 11.9. The lowest BCUT2D eigenvalue weighted by Gasteiger charge is -2.31. The molecule has 0 unspecified atom stereocenters. The van der Waals surface area contributed by atoms with E-state index in [0.29, 0.717) is 24.2 Å². The summed E-state index contributed by atoms with van der Waals surface area (Å²) in [5, 5.41) is 0.478. The number of hydrogen-bond acceptors (Lipinski definition) is 6. The predicted molar refractivity (Wildman–Crippen MR) is 134 cm³/mol. The van der Waals surface area contributed by atoms with E-state index in [-0.39, 0.29) is 52.0 Å². The van der Waals surface area contributed by atoms with E-state index in [0.717, 1.165) is 25.2 Å². The van der Waals surface area contributed by atoms with Gasteiger partial charge in [0.25, 0.3) is 5.91 Å². The first-order valence-corrected chi connectivity index (χ1v) is 15.4. The van der Waals surface area contributed by atoms with E-state index in [9.17, 15) is 26.0 Å². The summed E-state index contributed by atoms with van der Waals surface area (Å²) in [6.45, 7) is 0.828. The van der Waals surface area contributed by atoms with Gasteiger partial charge in [0.05, 0.1) is 23.3 Å². The Bertz CT molecular complexity index is 1370. The molecule has 0 radical (unpaired) electrons. The van der Waals surface area contributed by atoms with Gasteiger partial charge in [0.15, 0.2) is 0 Å². The topological polar surface area (TPSA) is 110 Å². The first-order chi connectivity index (χ1) is 16.8. The maximum atomic E-state index is 14.7. The zero-order chi connectivity index (χ0) is 26.3. The van der Waals surface area contributed by atoms with Crippen molar-refractivity contribution in [3.8, 4) is 5.75 Å². The van der Waals surface area contributed by atoms with Crippen molar-refractivity contribution in [1.29, 1.82) is 0 Å². The van der Waals surface area contributed by atoms with Crippen molar-refractivity contribution in [3.63, 3.8) is 0 Å². The molecule has 1 heterocycles. The largest absolute Gasteiger partial charge is 0.493 e. The van der Waals surface area contributed by atoms with Gasteiger partial charge in [0.2, 0.25) is 20.0 Å². The number of carbonyl (C=O) groups is 1. The first-order valence-electron chi connectivity index (χ1n) is 11.3. The van der Waals surface area contributed by atoms with Crippen molar-refractivity contribution >= 4 is 49.2 Å². The Hall–Kier alpha value is -1.92. The van der Waals surface area contributed by atoms with Gasteiger partial charge in [-0.3, -0.25) is 4.79 Å². The molecule has 1 saturated carbocycles. The van der Waals surface area contributed by atoms with Crippen LogP contribution in [0.3, 0.4) is 0 Å². The van der Waals surface area contributed by atoms with Crippen molar-refractivity contribution in [3.05, 3.63) is 57.3 Å². The van der Waals surface area contributed by atoms with E-state index in [1.165, 1.54) is 28.6 Å². The number of piperidine rings is 1. The summed E-state index contributed by atoms with van der Waals surface area (Å²) in [7, 11) is -7.58. The fraction of sp³-hybridized carbons (Fsp3) is 0.435. The molecule has 8 nitrogen and oxygen atoms in total. The van der Waals surface area contributed by atoms with Crippen LogP contribution in [0.2, 0.25) is 10.0 Å². The van der Waals surface area contributed by atoms with Gasteiger partial charge in [-0.25, -0.2) is 25.9 Å². The number of amides is 1. The van der Waals surface area contributed by atoms with Gasteiger partial charge in [0.1, 0.15) is 11.6 Å². The van der Waals surface area contributed by atoms with E-state index >= 15 is 0 Å². The van der Waals surface area contributed by atoms with Gasteiger partial charge in [-0.15, -0.1) is 0 Å². The molecule has 1 amide bonds. The Morgan fingerprint density at radius 2 is 1.64 bits per heavy atom. The average molecular weight is 579 g/mol. The van der Waals surface area contributed by atoms with Gasteiger partial charge in [-0.05, 0) is 67.3 Å². The highest BCUT2D eigenvalue weighted by atomic mass is 35.5. The first kappa shape index (κ1) is 27.1. The van der Waals surface area contributed by atoms with Crippen molar-refractivity contribution in [1.82, 2.24) is 9.03 Å². The number of nitrogens with one attached hydrogen (secondary N) is 1. The van der Waals surface area contributed by atoms with Crippen molar-refractivity contribution in [2.45, 2.75) is 36.5 Å². The fourth-order valence-corrected chi connectivity index (χ4v) is 6.80. The number of ether oxygens (including phenoxy) is 1. The molecule has 1 saturated heterocycles. The van der Waals surface area contributed by atoms with Crippen LogP contribution >= 0.6 is 23.2 Å². The fourth-order valence-electron chi connectivity index (χ4n) is 4.16. The second-order valence-electron chi connectivity index (χ2n) is 9.11. The normalized spacial score (nSPS) is 17.7. The zero-order valence-electron chi connectivity index (χ0n) is 19.3. The molecule has 2 aromatic carbocycles. The van der Waals surface area contributed by atoms with Crippen LogP contribution in [0.25, 0.3) is 0 Å². The van der Waals surface area contributed by atoms with Crippen LogP contribution in [-0.2, 0) is 20.0 Å². The van der Waals surface area contributed by atoms with Gasteiger partial charge < -0.3 is 4.74 Å². The van der Waals surface area contributed by atoms with Crippen LogP contribution in [0.5, 0.6) is 5.75 Å². The third-order valence-corrected chi connectivity index (χ3v) is 9.03. The molecule has 2 aromatic rings. The van der Waals surface area contributed by atoms with Gasteiger partial charge in [-0.2, -0.15) is 4.31 Å². The number of carbonyl (C=O) groups excluding carboxylic acids is 1. The SMILES string of the molecule is CS(=O)(=O)NC(=O)c1cc(C2CC2)c(OCC2CCN(S(=O)(=O)c3cc(Cl)cc(Cl)c3)CC2)cc1F. The smallest absolute Gasteiger partial charge is 0.267 e. The minimum absolute atomic E-state index is 0.0410. The van der Waals surface area contributed by atoms with E-state index in [1.54, 1.807) is 4.72 Å². The lowest BCUT2D eigenvalue weighted by molar-refractivity contribution is 0.0977. The molecule has 0 aromatic heterocycles. The Morgan fingerprint density at radius 1 is 1.03 bits per heavy atom. The van der Waals surface area contributed by atoms with Crippen LogP contribution in [0, 0.1) is 11.7 Å². The minimum Gasteiger partial charge on any atom is -0.493 e. The molecular weight excluding hydrogens is 554 g/mol. The number of nitrogens with zero attached hydrogens (tertiary/aromatic N) is 1. The van der Waals surface area contributed by atoms with Gasteiger partial charge >= 0.3 is 0 Å². The second kappa shape index (κ2) is 10.4. The summed E-state index contributed by atoms with van der Waals surface area (Å²) in [5.41, 5.74) is 0.308. The molecule has 0 bridgehead atoms. The van der Waals surface area contributed by atoms with E-state index in [1.807, 2.05) is 0 Å². The van der Waals surface area contributed by atoms with Crippen LogP contribution in [0.15, 0.2) is 35.2 Å². The summed E-state index contributed by atoms with van der Waals surface area (Å²) < 4.78 is 72.5. The minimum atomic E-state index is -3.84. The molecule has 4 rings (SSSR count). The predicted octanol–water partition coefficient (Wildman–Crippen LogP) is 4.18. The molecule has 36 heavy (non-hydrogen) atoms. The zero-order valence-corrected chi connectivity index (χ0v) is 22.5. The molecule has 0 spiro atoms. The standard InChI is InChI=1S/C23H25Cl2FN2O6S2/c1-35(30,31)27-23(29)20-11-19(15-2-3-15)22(12-21(20)26)34-13-14-4-6-28(7-5-14)36(32,33)18-9-16(24)8-17(25)10-18/h8-12,14-15H,2-7,13H2,1H3,(H,27,29). The molecule has 0 atom stereocenters. The summed E-state index contributed by atoms with van der Waals surface area (Å²) in [6, 6.07) is 6.67. The highest BCUT2D eigenvalue weighted by Gasteiger charge is 2.32.